The van der Waals surface area contributed by atoms with Crippen LogP contribution in [0.3, 0.4) is 0 Å². The molecular formula is C8H16O4PS-. The van der Waals surface area contributed by atoms with Crippen LogP contribution in [-0.2, 0) is 25.8 Å². The van der Waals surface area contributed by atoms with Gasteiger partial charge in [-0.25, -0.2) is 0 Å². The first kappa shape index (κ1) is 12.6. The Kier molecular flexibility index (Phi) is 4.50. The summed E-state index contributed by atoms with van der Waals surface area (Å²) in [4.78, 5) is 11.3. The average Bonchev–Trinajstić information content (AvgIpc) is 2.28. The Bertz CT molecular complexity index is 229. The normalized spacial score (nSPS) is 37.0. The molecule has 1 heterocycles. The van der Waals surface area contributed by atoms with Gasteiger partial charge >= 0.3 is 0 Å². The smallest absolute Gasteiger partial charge is 0.108 e. The van der Waals surface area contributed by atoms with Gasteiger partial charge in [0.05, 0.1) is 18.8 Å². The van der Waals surface area contributed by atoms with Crippen molar-refractivity contribution in [2.75, 3.05) is 20.4 Å². The van der Waals surface area contributed by atoms with Gasteiger partial charge < -0.3 is 18.9 Å². The third-order valence-corrected chi connectivity index (χ3v) is 2.96. The Balaban J connectivity index is 2.53. The molecule has 6 heteroatoms. The van der Waals surface area contributed by atoms with E-state index in [2.05, 4.69) is 0 Å². The van der Waals surface area contributed by atoms with Crippen LogP contribution in [0.15, 0.2) is 0 Å². The minimum atomic E-state index is -2.85. The van der Waals surface area contributed by atoms with E-state index in [1.54, 1.807) is 7.11 Å². The predicted molar refractivity (Wildman–Crippen MR) is 55.9 cm³/mol. The molecular weight excluding hydrogens is 223 g/mol. The van der Waals surface area contributed by atoms with Crippen molar-refractivity contribution < 1.29 is 18.9 Å². The van der Waals surface area contributed by atoms with Gasteiger partial charge in [-0.1, -0.05) is 11.8 Å². The maximum atomic E-state index is 11.3. The maximum Gasteiger partial charge on any atom is 0.108 e. The highest BCUT2D eigenvalue weighted by Gasteiger charge is 2.34. The number of rotatable bonds is 4. The average molecular weight is 239 g/mol. The fourth-order valence-electron chi connectivity index (χ4n) is 1.59. The first-order valence-corrected chi connectivity index (χ1v) is 7.62. The Morgan fingerprint density at radius 1 is 1.64 bits per heavy atom. The molecule has 14 heavy (non-hydrogen) atoms. The Morgan fingerprint density at radius 3 is 2.79 bits per heavy atom. The van der Waals surface area contributed by atoms with Crippen LogP contribution in [0.1, 0.15) is 13.3 Å². The number of hydrogen-bond acceptors (Lipinski definition) is 5. The van der Waals surface area contributed by atoms with Crippen molar-refractivity contribution >= 4 is 18.3 Å². The van der Waals surface area contributed by atoms with Crippen molar-refractivity contribution in [2.45, 2.75) is 31.7 Å². The van der Waals surface area contributed by atoms with E-state index < -0.39 is 6.49 Å². The number of hydrogen-bond donors (Lipinski definition) is 0. The SMILES string of the molecule is COC[C@H]1O[C@@H](C)C[C@H]1OP(C)([O-])=S. The van der Waals surface area contributed by atoms with E-state index in [0.29, 0.717) is 6.61 Å². The summed E-state index contributed by atoms with van der Waals surface area (Å²) >= 11 is 4.73. The topological polar surface area (TPSA) is 50.8 Å². The molecule has 0 N–H and O–H groups in total. The molecule has 0 aromatic heterocycles. The second kappa shape index (κ2) is 5.01. The summed E-state index contributed by atoms with van der Waals surface area (Å²) in [5, 5.41) is 0. The van der Waals surface area contributed by atoms with Crippen molar-refractivity contribution in [3.63, 3.8) is 0 Å². The van der Waals surface area contributed by atoms with Crippen LogP contribution in [0.5, 0.6) is 0 Å². The van der Waals surface area contributed by atoms with Gasteiger partial charge in [-0.2, -0.15) is 0 Å². The highest BCUT2D eigenvalue weighted by Crippen LogP contribution is 2.38. The van der Waals surface area contributed by atoms with Crippen LogP contribution in [0, 0.1) is 0 Å². The zero-order chi connectivity index (χ0) is 10.8. The molecule has 4 atom stereocenters. The van der Waals surface area contributed by atoms with Crippen molar-refractivity contribution in [3.8, 4) is 0 Å². The molecule has 1 aliphatic heterocycles. The highest BCUT2D eigenvalue weighted by atomic mass is 32.5. The summed E-state index contributed by atoms with van der Waals surface area (Å²) in [5.41, 5.74) is 0. The predicted octanol–water partition coefficient (Wildman–Crippen LogP) is 0.495. The summed E-state index contributed by atoms with van der Waals surface area (Å²) in [6.07, 6.45) is 0.494. The summed E-state index contributed by atoms with van der Waals surface area (Å²) in [6.45, 7) is 0.988. The summed E-state index contributed by atoms with van der Waals surface area (Å²) in [7, 11) is 1.60. The first-order valence-electron chi connectivity index (χ1n) is 4.53. The van der Waals surface area contributed by atoms with Gasteiger partial charge in [0.1, 0.15) is 6.10 Å². The molecule has 1 saturated heterocycles. The summed E-state index contributed by atoms with van der Waals surface area (Å²) < 4.78 is 15.8. The van der Waals surface area contributed by atoms with Crippen molar-refractivity contribution in [1.29, 1.82) is 0 Å². The van der Waals surface area contributed by atoms with E-state index in [-0.39, 0.29) is 18.3 Å². The van der Waals surface area contributed by atoms with E-state index in [1.165, 1.54) is 6.66 Å². The molecule has 0 bridgehead atoms. The molecule has 84 valence electrons. The Hall–Kier alpha value is 0.490. The molecule has 0 aromatic carbocycles. The minimum Gasteiger partial charge on any atom is -0.801 e. The van der Waals surface area contributed by atoms with Gasteiger partial charge in [-0.15, -0.1) is 0 Å². The molecule has 0 amide bonds. The molecule has 1 fully saturated rings. The maximum absolute atomic E-state index is 11.3. The molecule has 1 aliphatic rings. The molecule has 0 aliphatic carbocycles. The monoisotopic (exact) mass is 239 g/mol. The highest BCUT2D eigenvalue weighted by molar-refractivity contribution is 8.08. The van der Waals surface area contributed by atoms with E-state index in [4.69, 9.17) is 25.8 Å². The Morgan fingerprint density at radius 2 is 2.29 bits per heavy atom. The van der Waals surface area contributed by atoms with Crippen molar-refractivity contribution in [1.82, 2.24) is 0 Å². The van der Waals surface area contributed by atoms with E-state index in [0.717, 1.165) is 6.42 Å². The van der Waals surface area contributed by atoms with Gasteiger partial charge in [0.15, 0.2) is 0 Å². The van der Waals surface area contributed by atoms with Crippen LogP contribution in [0.4, 0.5) is 0 Å². The van der Waals surface area contributed by atoms with Crippen LogP contribution in [0.2, 0.25) is 0 Å². The quantitative estimate of drug-likeness (QED) is 0.668. The molecule has 0 spiro atoms. The zero-order valence-electron chi connectivity index (χ0n) is 8.63. The second-order valence-corrected chi connectivity index (χ2v) is 7.33. The summed E-state index contributed by atoms with van der Waals surface area (Å²) in [5.74, 6) is 0. The van der Waals surface area contributed by atoms with Gasteiger partial charge in [0.25, 0.3) is 0 Å². The van der Waals surface area contributed by atoms with Crippen LogP contribution in [-0.4, -0.2) is 38.7 Å². The van der Waals surface area contributed by atoms with Gasteiger partial charge in [-0.3, -0.25) is 0 Å². The van der Waals surface area contributed by atoms with Gasteiger partial charge in [-0.05, 0) is 20.1 Å². The van der Waals surface area contributed by atoms with Crippen molar-refractivity contribution in [2.24, 2.45) is 0 Å². The van der Waals surface area contributed by atoms with Crippen LogP contribution < -0.4 is 4.89 Å². The largest absolute Gasteiger partial charge is 0.801 e. The van der Waals surface area contributed by atoms with Gasteiger partial charge in [0.2, 0.25) is 0 Å². The van der Waals surface area contributed by atoms with Crippen LogP contribution in [0.25, 0.3) is 0 Å². The summed E-state index contributed by atoms with van der Waals surface area (Å²) in [6, 6.07) is 0. The minimum absolute atomic E-state index is 0.113. The standard InChI is InChI=1S/C8H17O4PS/c1-6-4-7(12-13(3,9)14)8(11-6)5-10-2/h6-8H,4-5H2,1-3H3,(H,9,14)/p-1/t6-,7+,8+,13?/m0/s1. The van der Waals surface area contributed by atoms with E-state index >= 15 is 0 Å². The zero-order valence-corrected chi connectivity index (χ0v) is 10.3. The lowest BCUT2D eigenvalue weighted by molar-refractivity contribution is -0.186. The molecule has 0 aromatic rings. The molecule has 1 rings (SSSR count). The molecule has 0 saturated carbocycles. The third kappa shape index (κ3) is 3.93. The first-order chi connectivity index (χ1) is 6.42. The molecule has 1 unspecified atom stereocenters. The molecule has 4 nitrogen and oxygen atoms in total. The van der Waals surface area contributed by atoms with Crippen molar-refractivity contribution in [3.05, 3.63) is 0 Å². The van der Waals surface area contributed by atoms with E-state index in [9.17, 15) is 4.89 Å². The fourth-order valence-corrected chi connectivity index (χ4v) is 2.63. The number of methoxy groups -OCH3 is 1. The third-order valence-electron chi connectivity index (χ3n) is 2.04. The lowest BCUT2D eigenvalue weighted by atomic mass is 10.1. The lowest BCUT2D eigenvalue weighted by Crippen LogP contribution is -2.29. The Labute approximate surface area is 89.7 Å². The van der Waals surface area contributed by atoms with Gasteiger partial charge in [0, 0.05) is 13.5 Å². The van der Waals surface area contributed by atoms with E-state index in [1.807, 2.05) is 6.92 Å². The van der Waals surface area contributed by atoms with Crippen LogP contribution >= 0.6 is 6.49 Å². The second-order valence-electron chi connectivity index (χ2n) is 3.59. The fraction of sp³-hybridized carbons (Fsp3) is 1.00. The number of ether oxygens (including phenoxy) is 2. The molecule has 0 radical (unpaired) electrons. The lowest BCUT2D eigenvalue weighted by Gasteiger charge is -2.29.